The molecule has 1 unspecified atom stereocenters. The first-order valence-corrected chi connectivity index (χ1v) is 9.19. The van der Waals surface area contributed by atoms with Gasteiger partial charge in [-0.25, -0.2) is 8.42 Å². The zero-order valence-electron chi connectivity index (χ0n) is 12.8. The van der Waals surface area contributed by atoms with Crippen LogP contribution in [-0.4, -0.2) is 26.4 Å². The fourth-order valence-corrected chi connectivity index (χ4v) is 3.44. The summed E-state index contributed by atoms with van der Waals surface area (Å²) in [5.41, 5.74) is -1.62. The van der Waals surface area contributed by atoms with Gasteiger partial charge in [0.15, 0.2) is 0 Å². The van der Waals surface area contributed by atoms with E-state index >= 15 is 0 Å². The Morgan fingerprint density at radius 2 is 1.83 bits per heavy atom. The summed E-state index contributed by atoms with van der Waals surface area (Å²) in [4.78, 5) is 24.0. The van der Waals surface area contributed by atoms with Gasteiger partial charge in [-0.3, -0.25) is 14.3 Å². The number of hydrogen-bond donors (Lipinski definition) is 1. The largest absolute Gasteiger partial charge is 0.456 e. The number of carbonyl (C=O) groups excluding carboxylic acids is 2. The van der Waals surface area contributed by atoms with Gasteiger partial charge in [-0.05, 0) is 19.1 Å². The Labute approximate surface area is 148 Å². The average molecular weight is 394 g/mol. The van der Waals surface area contributed by atoms with Crippen molar-refractivity contribution in [3.8, 4) is 0 Å². The number of esters is 1. The number of benzene rings is 1. The average Bonchev–Trinajstić information content (AvgIpc) is 2.61. The number of Topliss-reactive ketones (excluding diaryl/α,β-unsaturated/α-hetero) is 1. The van der Waals surface area contributed by atoms with E-state index in [4.69, 9.17) is 32.7 Å². The van der Waals surface area contributed by atoms with Gasteiger partial charge < -0.3 is 9.47 Å². The zero-order valence-corrected chi connectivity index (χ0v) is 15.2. The molecule has 130 valence electrons. The van der Waals surface area contributed by atoms with Crippen LogP contribution in [0.15, 0.2) is 29.8 Å². The summed E-state index contributed by atoms with van der Waals surface area (Å²) in [6.45, 7) is 2.42. The molecular weight excluding hydrogens is 381 g/mol. The highest BCUT2D eigenvalue weighted by Gasteiger charge is 2.52. The number of ether oxygens (including phenoxy) is 2. The van der Waals surface area contributed by atoms with Crippen molar-refractivity contribution in [2.75, 3.05) is 6.26 Å². The highest BCUT2D eigenvalue weighted by atomic mass is 35.5. The molecule has 0 saturated carbocycles. The van der Waals surface area contributed by atoms with Gasteiger partial charge in [-0.15, -0.1) is 0 Å². The zero-order chi connectivity index (χ0) is 18.3. The summed E-state index contributed by atoms with van der Waals surface area (Å²) >= 11 is 12.2. The molecule has 1 aliphatic heterocycles. The first-order chi connectivity index (χ1) is 11.0. The van der Waals surface area contributed by atoms with Crippen molar-refractivity contribution in [3.63, 3.8) is 0 Å². The molecular formula is C14H13Cl2NO6S. The molecule has 0 saturated heterocycles. The van der Waals surface area contributed by atoms with Crippen LogP contribution in [-0.2, 0) is 34.7 Å². The summed E-state index contributed by atoms with van der Waals surface area (Å²) in [7, 11) is -3.79. The number of sulfonamides is 1. The van der Waals surface area contributed by atoms with E-state index in [1.54, 1.807) is 6.07 Å². The predicted octanol–water partition coefficient (Wildman–Crippen LogP) is 2.09. The van der Waals surface area contributed by atoms with Gasteiger partial charge in [-0.1, -0.05) is 29.3 Å². The molecule has 10 heteroatoms. The third-order valence-electron chi connectivity index (χ3n) is 3.12. The normalized spacial score (nSPS) is 20.8. The lowest BCUT2D eigenvalue weighted by molar-refractivity contribution is -0.142. The van der Waals surface area contributed by atoms with Gasteiger partial charge in [0.25, 0.3) is 5.78 Å². The molecule has 0 radical (unpaired) electrons. The molecule has 1 aromatic rings. The number of hydrogen-bond acceptors (Lipinski definition) is 6. The van der Waals surface area contributed by atoms with Crippen molar-refractivity contribution in [1.29, 1.82) is 0 Å². The SMILES string of the molecule is CC(=O)OC1=C(NS(C)(=O)=O)OC(C)(c2c(Cl)cccc2Cl)C1=O. The Balaban J connectivity index is 2.58. The van der Waals surface area contributed by atoms with Crippen LogP contribution in [0, 0.1) is 0 Å². The molecule has 1 heterocycles. The minimum Gasteiger partial charge on any atom is -0.456 e. The minimum atomic E-state index is -3.79. The standard InChI is InChI=1S/C14H13Cl2NO6S/c1-7(18)22-11-12(19)14(2,23-13(11)17-24(3,20)21)10-8(15)5-4-6-9(10)16/h4-6,17H,1-3H3. The molecule has 0 bridgehead atoms. The lowest BCUT2D eigenvalue weighted by atomic mass is 9.91. The molecule has 1 aliphatic rings. The van der Waals surface area contributed by atoms with E-state index < -0.39 is 39.0 Å². The summed E-state index contributed by atoms with van der Waals surface area (Å²) in [6.07, 6.45) is 0.858. The summed E-state index contributed by atoms with van der Waals surface area (Å²) in [5, 5.41) is 0.280. The van der Waals surface area contributed by atoms with Crippen molar-refractivity contribution in [2.45, 2.75) is 19.4 Å². The molecule has 1 N–H and O–H groups in total. The van der Waals surface area contributed by atoms with Crippen molar-refractivity contribution in [2.24, 2.45) is 0 Å². The smallest absolute Gasteiger partial charge is 0.308 e. The number of halogens is 2. The van der Waals surface area contributed by atoms with Crippen LogP contribution in [0.1, 0.15) is 19.4 Å². The lowest BCUT2D eigenvalue weighted by Crippen LogP contribution is -2.33. The topological polar surface area (TPSA) is 98.8 Å². The van der Waals surface area contributed by atoms with Crippen LogP contribution in [0.4, 0.5) is 0 Å². The molecule has 1 aromatic carbocycles. The summed E-state index contributed by atoms with van der Waals surface area (Å²) in [6, 6.07) is 4.57. The molecule has 0 aromatic heterocycles. The van der Waals surface area contributed by atoms with Crippen molar-refractivity contribution in [3.05, 3.63) is 45.5 Å². The quantitative estimate of drug-likeness (QED) is 0.786. The second-order valence-electron chi connectivity index (χ2n) is 5.19. The van der Waals surface area contributed by atoms with E-state index in [9.17, 15) is 18.0 Å². The molecule has 0 fully saturated rings. The fourth-order valence-electron chi connectivity index (χ4n) is 2.21. The first kappa shape index (κ1) is 18.6. The van der Waals surface area contributed by atoms with Gasteiger partial charge in [0.05, 0.1) is 6.26 Å². The van der Waals surface area contributed by atoms with E-state index in [-0.39, 0.29) is 15.6 Å². The Hall–Kier alpha value is -1.77. The Kier molecular flexibility index (Phi) is 4.85. The van der Waals surface area contributed by atoms with Crippen LogP contribution < -0.4 is 4.72 Å². The molecule has 1 atom stereocenters. The number of ketones is 1. The van der Waals surface area contributed by atoms with Crippen LogP contribution in [0.5, 0.6) is 0 Å². The van der Waals surface area contributed by atoms with Crippen molar-refractivity contribution >= 4 is 45.0 Å². The van der Waals surface area contributed by atoms with Gasteiger partial charge in [-0.2, -0.15) is 0 Å². The Morgan fingerprint density at radius 1 is 1.29 bits per heavy atom. The van der Waals surface area contributed by atoms with Gasteiger partial charge >= 0.3 is 5.97 Å². The van der Waals surface area contributed by atoms with Crippen molar-refractivity contribution in [1.82, 2.24) is 4.72 Å². The highest BCUT2D eigenvalue weighted by molar-refractivity contribution is 7.88. The monoisotopic (exact) mass is 393 g/mol. The molecule has 24 heavy (non-hydrogen) atoms. The Morgan fingerprint density at radius 3 is 2.29 bits per heavy atom. The Bertz CT molecular complexity index is 844. The van der Waals surface area contributed by atoms with Gasteiger partial charge in [0.2, 0.25) is 27.3 Å². The van der Waals surface area contributed by atoms with Crippen molar-refractivity contribution < 1.29 is 27.5 Å². The molecule has 2 rings (SSSR count). The lowest BCUT2D eigenvalue weighted by Gasteiger charge is -2.25. The van der Waals surface area contributed by atoms with Crippen LogP contribution in [0.2, 0.25) is 10.0 Å². The second-order valence-corrected chi connectivity index (χ2v) is 7.75. The summed E-state index contributed by atoms with van der Waals surface area (Å²) < 4.78 is 35.3. The highest BCUT2D eigenvalue weighted by Crippen LogP contribution is 2.44. The first-order valence-electron chi connectivity index (χ1n) is 6.54. The maximum Gasteiger partial charge on any atom is 0.308 e. The van der Waals surface area contributed by atoms with E-state index in [2.05, 4.69) is 0 Å². The van der Waals surface area contributed by atoms with E-state index in [0.29, 0.717) is 0 Å². The fraction of sp³-hybridized carbons (Fsp3) is 0.286. The van der Waals surface area contributed by atoms with Crippen LogP contribution >= 0.6 is 23.2 Å². The number of rotatable bonds is 4. The minimum absolute atomic E-state index is 0.133. The number of carbonyl (C=O) groups is 2. The van der Waals surface area contributed by atoms with E-state index in [1.165, 1.54) is 19.1 Å². The maximum absolute atomic E-state index is 12.8. The van der Waals surface area contributed by atoms with Gasteiger partial charge in [0, 0.05) is 22.5 Å². The van der Waals surface area contributed by atoms with E-state index in [1.807, 2.05) is 4.72 Å². The van der Waals surface area contributed by atoms with Crippen LogP contribution in [0.25, 0.3) is 0 Å². The molecule has 7 nitrogen and oxygen atoms in total. The van der Waals surface area contributed by atoms with E-state index in [0.717, 1.165) is 13.2 Å². The maximum atomic E-state index is 12.8. The number of nitrogens with one attached hydrogen (secondary N) is 1. The molecule has 0 amide bonds. The van der Waals surface area contributed by atoms with Crippen LogP contribution in [0.3, 0.4) is 0 Å². The predicted molar refractivity (Wildman–Crippen MR) is 86.7 cm³/mol. The second kappa shape index (κ2) is 6.27. The molecule has 0 aliphatic carbocycles. The third-order valence-corrected chi connectivity index (χ3v) is 4.30. The van der Waals surface area contributed by atoms with Gasteiger partial charge in [0.1, 0.15) is 0 Å². The molecule has 0 spiro atoms. The summed E-state index contributed by atoms with van der Waals surface area (Å²) in [5.74, 6) is -2.68. The third kappa shape index (κ3) is 3.50.